The van der Waals surface area contributed by atoms with Gasteiger partial charge in [0.1, 0.15) is 0 Å². The Morgan fingerprint density at radius 1 is 1.09 bits per heavy atom. The maximum absolute atomic E-state index is 11.9. The van der Waals surface area contributed by atoms with Crippen molar-refractivity contribution >= 4 is 11.9 Å². The first-order valence-corrected chi connectivity index (χ1v) is 8.64. The second kappa shape index (κ2) is 11.7. The van der Waals surface area contributed by atoms with E-state index in [1.807, 2.05) is 25.1 Å². The Morgan fingerprint density at radius 3 is 2.57 bits per heavy atom. The summed E-state index contributed by atoms with van der Waals surface area (Å²) in [5.41, 5.74) is 1.65. The molecular formula is C19H29NO3. The summed E-state index contributed by atoms with van der Waals surface area (Å²) in [6, 6.07) is 7.38. The summed E-state index contributed by atoms with van der Waals surface area (Å²) in [6.07, 6.45) is 7.23. The molecule has 0 saturated heterocycles. The van der Waals surface area contributed by atoms with Crippen LogP contribution in [0.5, 0.6) is 0 Å². The number of carbonyl (C=O) groups is 2. The van der Waals surface area contributed by atoms with Gasteiger partial charge >= 0.3 is 5.97 Å². The van der Waals surface area contributed by atoms with Crippen molar-refractivity contribution in [3.8, 4) is 0 Å². The third-order valence-electron chi connectivity index (χ3n) is 3.66. The van der Waals surface area contributed by atoms with Gasteiger partial charge in [-0.3, -0.25) is 9.59 Å². The van der Waals surface area contributed by atoms with E-state index in [1.54, 1.807) is 6.07 Å². The first-order valence-electron chi connectivity index (χ1n) is 8.64. The third-order valence-corrected chi connectivity index (χ3v) is 3.66. The molecule has 0 bridgehead atoms. The van der Waals surface area contributed by atoms with E-state index in [2.05, 4.69) is 12.2 Å². The van der Waals surface area contributed by atoms with Crippen molar-refractivity contribution in [1.29, 1.82) is 0 Å². The van der Waals surface area contributed by atoms with Gasteiger partial charge in [0, 0.05) is 12.1 Å². The van der Waals surface area contributed by atoms with Gasteiger partial charge in [-0.1, -0.05) is 56.7 Å². The number of ether oxygens (including phenoxy) is 1. The van der Waals surface area contributed by atoms with Crippen LogP contribution in [0.15, 0.2) is 24.3 Å². The highest BCUT2D eigenvalue weighted by atomic mass is 16.5. The molecule has 0 aliphatic rings. The lowest BCUT2D eigenvalue weighted by atomic mass is 10.1. The molecule has 0 aliphatic heterocycles. The van der Waals surface area contributed by atoms with Gasteiger partial charge in [0.25, 0.3) is 5.91 Å². The summed E-state index contributed by atoms with van der Waals surface area (Å²) >= 11 is 0. The molecular weight excluding hydrogens is 290 g/mol. The average molecular weight is 319 g/mol. The van der Waals surface area contributed by atoms with Crippen LogP contribution in [0.4, 0.5) is 0 Å². The highest BCUT2D eigenvalue weighted by Crippen LogP contribution is 2.05. The Labute approximate surface area is 139 Å². The molecule has 0 aromatic heterocycles. The van der Waals surface area contributed by atoms with Gasteiger partial charge in [0.15, 0.2) is 0 Å². The highest BCUT2D eigenvalue weighted by molar-refractivity contribution is 5.94. The predicted molar refractivity (Wildman–Crippen MR) is 92.5 cm³/mol. The number of aryl methyl sites for hydroxylation is 1. The highest BCUT2D eigenvalue weighted by Gasteiger charge is 2.07. The molecule has 0 unspecified atom stereocenters. The molecule has 1 N–H and O–H groups in total. The number of amides is 1. The lowest BCUT2D eigenvalue weighted by Crippen LogP contribution is -2.26. The van der Waals surface area contributed by atoms with E-state index in [0.29, 0.717) is 18.7 Å². The smallest absolute Gasteiger partial charge is 0.307 e. The number of benzene rings is 1. The first-order chi connectivity index (χ1) is 11.1. The van der Waals surface area contributed by atoms with Crippen LogP contribution in [0.2, 0.25) is 0 Å². The Hall–Kier alpha value is -1.84. The topological polar surface area (TPSA) is 55.4 Å². The van der Waals surface area contributed by atoms with Gasteiger partial charge < -0.3 is 10.1 Å². The zero-order valence-electron chi connectivity index (χ0n) is 14.4. The maximum Gasteiger partial charge on any atom is 0.307 e. The van der Waals surface area contributed by atoms with Crippen molar-refractivity contribution in [2.75, 3.05) is 13.2 Å². The molecule has 1 amide bonds. The minimum Gasteiger partial charge on any atom is -0.466 e. The van der Waals surface area contributed by atoms with Crippen LogP contribution in [0.3, 0.4) is 0 Å². The number of rotatable bonds is 11. The zero-order chi connectivity index (χ0) is 16.9. The largest absolute Gasteiger partial charge is 0.466 e. The number of carbonyl (C=O) groups excluding carboxylic acids is 2. The van der Waals surface area contributed by atoms with Crippen LogP contribution in [-0.4, -0.2) is 25.0 Å². The predicted octanol–water partition coefficient (Wildman–Crippen LogP) is 4.02. The minimum atomic E-state index is -0.247. The average Bonchev–Trinajstić information content (AvgIpc) is 2.54. The molecule has 1 aromatic rings. The van der Waals surface area contributed by atoms with Crippen molar-refractivity contribution in [1.82, 2.24) is 5.32 Å². The molecule has 0 heterocycles. The molecule has 0 radical (unpaired) electrons. The summed E-state index contributed by atoms with van der Waals surface area (Å²) in [7, 11) is 0. The van der Waals surface area contributed by atoms with Crippen molar-refractivity contribution < 1.29 is 14.3 Å². The van der Waals surface area contributed by atoms with Crippen LogP contribution in [0.1, 0.15) is 67.8 Å². The summed E-state index contributed by atoms with van der Waals surface area (Å²) in [4.78, 5) is 23.5. The number of unbranched alkanes of at least 4 members (excludes halogenated alkanes) is 5. The van der Waals surface area contributed by atoms with Crippen molar-refractivity contribution in [2.24, 2.45) is 0 Å². The van der Waals surface area contributed by atoms with Gasteiger partial charge in [-0.2, -0.15) is 0 Å². The number of hydrogen-bond acceptors (Lipinski definition) is 3. The molecule has 128 valence electrons. The molecule has 23 heavy (non-hydrogen) atoms. The fourth-order valence-electron chi connectivity index (χ4n) is 2.31. The van der Waals surface area contributed by atoms with E-state index in [1.165, 1.54) is 25.7 Å². The molecule has 0 aliphatic carbocycles. The minimum absolute atomic E-state index is 0.155. The van der Waals surface area contributed by atoms with E-state index in [4.69, 9.17) is 4.74 Å². The van der Waals surface area contributed by atoms with Gasteiger partial charge in [-0.25, -0.2) is 0 Å². The summed E-state index contributed by atoms with van der Waals surface area (Å²) in [5.74, 6) is -0.402. The number of nitrogens with one attached hydrogen (secondary N) is 1. The summed E-state index contributed by atoms with van der Waals surface area (Å²) in [6.45, 7) is 4.93. The lowest BCUT2D eigenvalue weighted by Gasteiger charge is -2.07. The number of esters is 1. The van der Waals surface area contributed by atoms with Gasteiger partial charge in [-0.05, 0) is 25.5 Å². The second-order valence-corrected chi connectivity index (χ2v) is 5.86. The van der Waals surface area contributed by atoms with Crippen LogP contribution < -0.4 is 5.32 Å². The van der Waals surface area contributed by atoms with E-state index in [-0.39, 0.29) is 18.3 Å². The zero-order valence-corrected chi connectivity index (χ0v) is 14.4. The normalized spacial score (nSPS) is 10.3. The van der Waals surface area contributed by atoms with Crippen LogP contribution in [0.25, 0.3) is 0 Å². The Bertz CT molecular complexity index is 485. The van der Waals surface area contributed by atoms with E-state index < -0.39 is 0 Å². The molecule has 0 spiro atoms. The molecule has 0 fully saturated rings. The maximum atomic E-state index is 11.9. The molecule has 1 aromatic carbocycles. The second-order valence-electron chi connectivity index (χ2n) is 5.86. The quantitative estimate of drug-likeness (QED) is 0.495. The Balaban J connectivity index is 2.06. The molecule has 1 rings (SSSR count). The monoisotopic (exact) mass is 319 g/mol. The first kappa shape index (κ1) is 19.2. The van der Waals surface area contributed by atoms with Crippen molar-refractivity contribution in [3.05, 3.63) is 35.4 Å². The molecule has 4 nitrogen and oxygen atoms in total. The van der Waals surface area contributed by atoms with Crippen molar-refractivity contribution in [2.45, 2.75) is 58.8 Å². The standard InChI is InChI=1S/C19H29NO3/c1-3-4-5-6-7-8-14-23-18(21)12-13-20-19(22)17-11-9-10-16(2)15-17/h9-11,15H,3-8,12-14H2,1-2H3,(H,20,22). The van der Waals surface area contributed by atoms with Crippen LogP contribution in [0, 0.1) is 6.92 Å². The van der Waals surface area contributed by atoms with Crippen LogP contribution in [-0.2, 0) is 9.53 Å². The summed E-state index contributed by atoms with van der Waals surface area (Å²) in [5, 5.41) is 2.74. The molecule has 0 atom stereocenters. The fourth-order valence-corrected chi connectivity index (χ4v) is 2.31. The number of hydrogen-bond donors (Lipinski definition) is 1. The molecule has 4 heteroatoms. The Morgan fingerprint density at radius 2 is 1.83 bits per heavy atom. The SMILES string of the molecule is CCCCCCCCOC(=O)CCNC(=O)c1cccc(C)c1. The van der Waals surface area contributed by atoms with E-state index in [9.17, 15) is 9.59 Å². The van der Waals surface area contributed by atoms with E-state index in [0.717, 1.165) is 18.4 Å². The lowest BCUT2D eigenvalue weighted by molar-refractivity contribution is -0.143. The van der Waals surface area contributed by atoms with Gasteiger partial charge in [0.05, 0.1) is 13.0 Å². The van der Waals surface area contributed by atoms with Crippen molar-refractivity contribution in [3.63, 3.8) is 0 Å². The molecule has 0 saturated carbocycles. The van der Waals surface area contributed by atoms with Gasteiger partial charge in [-0.15, -0.1) is 0 Å². The Kier molecular flexibility index (Phi) is 9.76. The summed E-state index contributed by atoms with van der Waals surface area (Å²) < 4.78 is 5.16. The third kappa shape index (κ3) is 9.01. The van der Waals surface area contributed by atoms with Crippen LogP contribution >= 0.6 is 0 Å². The fraction of sp³-hybridized carbons (Fsp3) is 0.579. The van der Waals surface area contributed by atoms with Gasteiger partial charge in [0.2, 0.25) is 0 Å². The van der Waals surface area contributed by atoms with E-state index >= 15 is 0 Å².